The third-order valence-electron chi connectivity index (χ3n) is 4.36. The number of halogens is 1. The molecule has 1 aromatic carbocycles. The van der Waals surface area contributed by atoms with Gasteiger partial charge in [-0.3, -0.25) is 19.9 Å². The number of aliphatic imine (C=N–C) groups is 1. The van der Waals surface area contributed by atoms with Gasteiger partial charge in [0.15, 0.2) is 5.96 Å². The van der Waals surface area contributed by atoms with Crippen molar-refractivity contribution in [1.82, 2.24) is 10.2 Å². The summed E-state index contributed by atoms with van der Waals surface area (Å²) in [6, 6.07) is 6.31. The lowest BCUT2D eigenvalue weighted by atomic mass is 9.97. The third kappa shape index (κ3) is 6.85. The number of nitrogens with one attached hydrogen (secondary N) is 2. The van der Waals surface area contributed by atoms with Gasteiger partial charge in [-0.05, 0) is 25.0 Å². The first-order valence-corrected chi connectivity index (χ1v) is 8.57. The zero-order valence-electron chi connectivity index (χ0n) is 15.5. The number of ether oxygens (including phenoxy) is 1. The number of piperidine rings is 1. The topological polar surface area (TPSA) is 109 Å². The van der Waals surface area contributed by atoms with Crippen molar-refractivity contribution >= 4 is 47.3 Å². The molecule has 150 valence electrons. The predicted molar refractivity (Wildman–Crippen MR) is 115 cm³/mol. The normalized spacial score (nSPS) is 14.9. The van der Waals surface area contributed by atoms with Crippen LogP contribution >= 0.6 is 24.0 Å². The fourth-order valence-corrected chi connectivity index (χ4v) is 2.91. The molecule has 0 aromatic heterocycles. The summed E-state index contributed by atoms with van der Waals surface area (Å²) >= 11 is 0. The molecule has 0 amide bonds. The van der Waals surface area contributed by atoms with E-state index in [9.17, 15) is 14.9 Å². The van der Waals surface area contributed by atoms with Gasteiger partial charge < -0.3 is 20.3 Å². The lowest BCUT2D eigenvalue weighted by Crippen LogP contribution is -2.47. The van der Waals surface area contributed by atoms with Crippen LogP contribution < -0.4 is 10.6 Å². The molecule has 1 saturated heterocycles. The summed E-state index contributed by atoms with van der Waals surface area (Å²) < 4.78 is 4.80. The van der Waals surface area contributed by atoms with Crippen LogP contribution in [0.4, 0.5) is 11.4 Å². The Kier molecular flexibility index (Phi) is 9.83. The van der Waals surface area contributed by atoms with Crippen molar-refractivity contribution in [2.75, 3.05) is 45.7 Å². The van der Waals surface area contributed by atoms with Gasteiger partial charge in [-0.15, -0.1) is 24.0 Å². The lowest BCUT2D eigenvalue weighted by Gasteiger charge is -2.33. The summed E-state index contributed by atoms with van der Waals surface area (Å²) in [5, 5.41) is 17.1. The number of methoxy groups -OCH3 is 1. The summed E-state index contributed by atoms with van der Waals surface area (Å²) in [6.07, 6.45) is 1.52. The molecule has 0 saturated carbocycles. The van der Waals surface area contributed by atoms with Gasteiger partial charge in [0.1, 0.15) is 0 Å². The molecular weight excluding hydrogens is 465 g/mol. The van der Waals surface area contributed by atoms with Crippen molar-refractivity contribution in [2.24, 2.45) is 10.9 Å². The van der Waals surface area contributed by atoms with Gasteiger partial charge in [0, 0.05) is 51.0 Å². The number of hydrogen-bond acceptors (Lipinski definition) is 6. The molecule has 0 aliphatic carbocycles. The van der Waals surface area contributed by atoms with E-state index in [4.69, 9.17) is 4.74 Å². The summed E-state index contributed by atoms with van der Waals surface area (Å²) in [7, 11) is 3.16. The van der Waals surface area contributed by atoms with Crippen LogP contribution in [0.1, 0.15) is 12.8 Å². The number of nitro benzene ring substituents is 1. The number of nitro groups is 1. The van der Waals surface area contributed by atoms with Gasteiger partial charge >= 0.3 is 5.97 Å². The fraction of sp³-hybridized carbons (Fsp3) is 0.529. The molecule has 9 nitrogen and oxygen atoms in total. The van der Waals surface area contributed by atoms with Crippen molar-refractivity contribution in [3.8, 4) is 0 Å². The van der Waals surface area contributed by atoms with E-state index >= 15 is 0 Å². The number of non-ortho nitro benzene ring substituents is 1. The Morgan fingerprint density at radius 1 is 1.30 bits per heavy atom. The SMILES string of the molecule is CN=C(NCCNc1ccc([N+](=O)[O-])cc1)N1CCC(C(=O)OC)CC1.I. The monoisotopic (exact) mass is 491 g/mol. The predicted octanol–water partition coefficient (Wildman–Crippen LogP) is 2.09. The minimum absolute atomic E-state index is 0. The second kappa shape index (κ2) is 11.6. The highest BCUT2D eigenvalue weighted by Crippen LogP contribution is 2.18. The first-order chi connectivity index (χ1) is 12.5. The van der Waals surface area contributed by atoms with Crippen LogP contribution in [0.15, 0.2) is 29.3 Å². The maximum absolute atomic E-state index is 11.6. The number of nitrogens with zero attached hydrogens (tertiary/aromatic N) is 3. The van der Waals surface area contributed by atoms with E-state index in [0.717, 1.165) is 37.6 Å². The number of hydrogen-bond donors (Lipinski definition) is 2. The molecule has 10 heteroatoms. The Labute approximate surface area is 175 Å². The molecule has 1 aromatic rings. The Hall–Kier alpha value is -2.11. The quantitative estimate of drug-likeness (QED) is 0.119. The van der Waals surface area contributed by atoms with E-state index in [0.29, 0.717) is 13.1 Å². The van der Waals surface area contributed by atoms with Gasteiger partial charge in [-0.25, -0.2) is 0 Å². The average molecular weight is 491 g/mol. The van der Waals surface area contributed by atoms with Gasteiger partial charge in [0.25, 0.3) is 5.69 Å². The standard InChI is InChI=1S/C17H25N5O4.HI/c1-18-17(21-11-7-13(8-12-21)16(23)26-2)20-10-9-19-14-3-5-15(6-4-14)22(24)25;/h3-6,13,19H,7-12H2,1-2H3,(H,18,20);1H. The minimum Gasteiger partial charge on any atom is -0.469 e. The molecular formula is C17H26IN5O4. The zero-order chi connectivity index (χ0) is 18.9. The molecule has 2 rings (SSSR count). The van der Waals surface area contributed by atoms with Gasteiger partial charge in [0.2, 0.25) is 0 Å². The molecule has 0 radical (unpaired) electrons. The van der Waals surface area contributed by atoms with E-state index in [1.54, 1.807) is 19.2 Å². The maximum atomic E-state index is 11.6. The van der Waals surface area contributed by atoms with Crippen molar-refractivity contribution in [2.45, 2.75) is 12.8 Å². The van der Waals surface area contributed by atoms with Crippen LogP contribution in [0.3, 0.4) is 0 Å². The molecule has 1 heterocycles. The number of benzene rings is 1. The highest BCUT2D eigenvalue weighted by molar-refractivity contribution is 14.0. The molecule has 1 fully saturated rings. The summed E-state index contributed by atoms with van der Waals surface area (Å²) in [6.45, 7) is 2.82. The second-order valence-electron chi connectivity index (χ2n) is 5.99. The molecule has 0 unspecified atom stereocenters. The fourth-order valence-electron chi connectivity index (χ4n) is 2.91. The minimum atomic E-state index is -0.418. The maximum Gasteiger partial charge on any atom is 0.308 e. The van der Waals surface area contributed by atoms with Crippen molar-refractivity contribution in [1.29, 1.82) is 0 Å². The Morgan fingerprint density at radius 3 is 2.44 bits per heavy atom. The number of rotatable bonds is 6. The highest BCUT2D eigenvalue weighted by Gasteiger charge is 2.26. The van der Waals surface area contributed by atoms with Crippen LogP contribution in [-0.4, -0.2) is 62.1 Å². The first-order valence-electron chi connectivity index (χ1n) is 8.57. The van der Waals surface area contributed by atoms with E-state index in [1.165, 1.54) is 19.2 Å². The second-order valence-corrected chi connectivity index (χ2v) is 5.99. The Balaban J connectivity index is 0.00000364. The molecule has 27 heavy (non-hydrogen) atoms. The van der Waals surface area contributed by atoms with Crippen LogP contribution in [0, 0.1) is 16.0 Å². The summed E-state index contributed by atoms with van der Waals surface area (Å²) in [5.41, 5.74) is 0.899. The van der Waals surface area contributed by atoms with Crippen LogP contribution in [0.25, 0.3) is 0 Å². The Morgan fingerprint density at radius 2 is 1.93 bits per heavy atom. The first kappa shape index (κ1) is 22.9. The van der Waals surface area contributed by atoms with E-state index in [-0.39, 0.29) is 41.6 Å². The number of esters is 1. The average Bonchev–Trinajstić information content (AvgIpc) is 2.68. The summed E-state index contributed by atoms with van der Waals surface area (Å²) in [5.74, 6) is 0.636. The van der Waals surface area contributed by atoms with E-state index in [2.05, 4.69) is 20.5 Å². The smallest absolute Gasteiger partial charge is 0.308 e. The molecule has 2 N–H and O–H groups in total. The Bertz CT molecular complexity index is 645. The van der Waals surface area contributed by atoms with Gasteiger partial charge in [-0.1, -0.05) is 0 Å². The van der Waals surface area contributed by atoms with Gasteiger partial charge in [-0.2, -0.15) is 0 Å². The molecule has 1 aliphatic rings. The number of likely N-dealkylation sites (tertiary alicyclic amines) is 1. The molecule has 1 aliphatic heterocycles. The van der Waals surface area contributed by atoms with Crippen LogP contribution in [0.5, 0.6) is 0 Å². The van der Waals surface area contributed by atoms with Crippen LogP contribution in [0.2, 0.25) is 0 Å². The van der Waals surface area contributed by atoms with E-state index < -0.39 is 4.92 Å². The largest absolute Gasteiger partial charge is 0.469 e. The zero-order valence-corrected chi connectivity index (χ0v) is 17.8. The van der Waals surface area contributed by atoms with Gasteiger partial charge in [0.05, 0.1) is 18.0 Å². The number of anilines is 1. The number of guanidine groups is 1. The highest BCUT2D eigenvalue weighted by atomic mass is 127. The summed E-state index contributed by atoms with van der Waals surface area (Å²) in [4.78, 5) is 28.2. The number of carbonyl (C=O) groups excluding carboxylic acids is 1. The lowest BCUT2D eigenvalue weighted by molar-refractivity contribution is -0.384. The van der Waals surface area contributed by atoms with Crippen molar-refractivity contribution < 1.29 is 14.5 Å². The molecule has 0 bridgehead atoms. The number of carbonyl (C=O) groups is 1. The van der Waals surface area contributed by atoms with Crippen molar-refractivity contribution in [3.63, 3.8) is 0 Å². The molecule has 0 spiro atoms. The van der Waals surface area contributed by atoms with E-state index in [1.807, 2.05) is 0 Å². The third-order valence-corrected chi connectivity index (χ3v) is 4.36. The van der Waals surface area contributed by atoms with Crippen molar-refractivity contribution in [3.05, 3.63) is 34.4 Å². The van der Waals surface area contributed by atoms with Crippen LogP contribution in [-0.2, 0) is 9.53 Å². The molecule has 0 atom stereocenters.